The number of nitrogens with one attached hydrogen (secondary N) is 1. The summed E-state index contributed by atoms with van der Waals surface area (Å²) in [7, 11) is 0. The molecule has 0 spiro atoms. The van der Waals surface area contributed by atoms with Gasteiger partial charge in [-0.05, 0) is 26.0 Å². The second-order valence-electron chi connectivity index (χ2n) is 6.29. The minimum Gasteiger partial charge on any atom is -0.467 e. The van der Waals surface area contributed by atoms with E-state index < -0.39 is 5.97 Å². The molecule has 1 N–H and O–H groups in total. The molecule has 0 fully saturated rings. The number of benzene rings is 1. The van der Waals surface area contributed by atoms with E-state index in [-0.39, 0.29) is 12.6 Å². The van der Waals surface area contributed by atoms with Crippen molar-refractivity contribution in [3.05, 3.63) is 72.7 Å². The summed E-state index contributed by atoms with van der Waals surface area (Å²) in [5.41, 5.74) is 3.40. The molecular weight excluding hydrogens is 356 g/mol. The van der Waals surface area contributed by atoms with Crippen molar-refractivity contribution in [3.63, 3.8) is 0 Å². The summed E-state index contributed by atoms with van der Waals surface area (Å²) in [5, 5.41) is 6.86. The summed E-state index contributed by atoms with van der Waals surface area (Å²) in [4.78, 5) is 17.1. The van der Waals surface area contributed by atoms with Crippen LogP contribution in [0.1, 0.15) is 36.1 Å². The van der Waals surface area contributed by atoms with Gasteiger partial charge in [0.1, 0.15) is 5.76 Å². The van der Waals surface area contributed by atoms with E-state index in [4.69, 9.17) is 9.15 Å². The van der Waals surface area contributed by atoms with Crippen LogP contribution in [0.15, 0.2) is 65.7 Å². The van der Waals surface area contributed by atoms with Gasteiger partial charge in [0, 0.05) is 5.56 Å². The van der Waals surface area contributed by atoms with Gasteiger partial charge in [0.2, 0.25) is 0 Å². The summed E-state index contributed by atoms with van der Waals surface area (Å²) in [6, 6.07) is 13.5. The largest absolute Gasteiger partial charge is 0.467 e. The molecule has 0 saturated carbocycles. The van der Waals surface area contributed by atoms with Crippen LogP contribution in [0, 0.1) is 0 Å². The van der Waals surface area contributed by atoms with Gasteiger partial charge in [-0.1, -0.05) is 30.3 Å². The minimum absolute atomic E-state index is 0.125. The third-order valence-corrected chi connectivity index (χ3v) is 4.59. The zero-order valence-corrected chi connectivity index (χ0v) is 15.6. The molecule has 0 unspecified atom stereocenters. The van der Waals surface area contributed by atoms with Gasteiger partial charge in [0.25, 0.3) is 0 Å². The standard InChI is InChI=1S/C21H20N4O3/c1-3-27-21(26)19-16(12-23-24-19)20-18(15-8-5-4-6-9-15)22-13-25(20)14(2)17-10-7-11-28-17/h4-14H,3H2,1-2H3,(H,23,24)/t14-/m0/s1. The lowest BCUT2D eigenvalue weighted by atomic mass is 10.0. The second kappa shape index (κ2) is 7.56. The molecule has 7 heteroatoms. The van der Waals surface area contributed by atoms with Crippen molar-refractivity contribution in [2.24, 2.45) is 0 Å². The number of rotatable bonds is 6. The molecule has 0 aliphatic heterocycles. The number of esters is 1. The molecule has 0 saturated heterocycles. The van der Waals surface area contributed by atoms with Crippen molar-refractivity contribution < 1.29 is 13.9 Å². The number of carbonyl (C=O) groups excluding carboxylic acids is 1. The van der Waals surface area contributed by atoms with E-state index in [2.05, 4.69) is 15.2 Å². The fraction of sp³-hybridized carbons (Fsp3) is 0.190. The maximum atomic E-state index is 12.4. The highest BCUT2D eigenvalue weighted by atomic mass is 16.5. The van der Waals surface area contributed by atoms with E-state index >= 15 is 0 Å². The van der Waals surface area contributed by atoms with Crippen LogP contribution in [-0.4, -0.2) is 32.3 Å². The van der Waals surface area contributed by atoms with Gasteiger partial charge < -0.3 is 13.7 Å². The average Bonchev–Trinajstić information content (AvgIpc) is 3.48. The highest BCUT2D eigenvalue weighted by Crippen LogP contribution is 2.36. The van der Waals surface area contributed by atoms with Gasteiger partial charge in [-0.15, -0.1) is 0 Å². The Kier molecular flexibility index (Phi) is 4.80. The summed E-state index contributed by atoms with van der Waals surface area (Å²) < 4.78 is 12.8. The van der Waals surface area contributed by atoms with Crippen LogP contribution in [0.4, 0.5) is 0 Å². The fourth-order valence-corrected chi connectivity index (χ4v) is 3.22. The summed E-state index contributed by atoms with van der Waals surface area (Å²) >= 11 is 0. The lowest BCUT2D eigenvalue weighted by Crippen LogP contribution is -2.10. The van der Waals surface area contributed by atoms with E-state index in [1.54, 1.807) is 25.7 Å². The number of H-pyrrole nitrogens is 1. The minimum atomic E-state index is -0.451. The van der Waals surface area contributed by atoms with Crippen molar-refractivity contribution in [2.45, 2.75) is 19.9 Å². The molecule has 0 aliphatic carbocycles. The van der Waals surface area contributed by atoms with E-state index in [9.17, 15) is 4.79 Å². The molecule has 4 aromatic rings. The molecule has 1 aromatic carbocycles. The Labute approximate surface area is 162 Å². The van der Waals surface area contributed by atoms with Crippen LogP contribution in [0.5, 0.6) is 0 Å². The highest BCUT2D eigenvalue weighted by molar-refractivity contribution is 5.96. The smallest absolute Gasteiger partial charge is 0.357 e. The molecule has 28 heavy (non-hydrogen) atoms. The molecule has 7 nitrogen and oxygen atoms in total. The molecule has 3 aromatic heterocycles. The topological polar surface area (TPSA) is 85.9 Å². The molecule has 0 bridgehead atoms. The van der Waals surface area contributed by atoms with Gasteiger partial charge in [-0.25, -0.2) is 9.78 Å². The van der Waals surface area contributed by atoms with Crippen molar-refractivity contribution in [1.29, 1.82) is 0 Å². The molecule has 0 radical (unpaired) electrons. The van der Waals surface area contributed by atoms with Crippen LogP contribution in [-0.2, 0) is 4.74 Å². The molecule has 142 valence electrons. The average molecular weight is 376 g/mol. The zero-order chi connectivity index (χ0) is 19.5. The number of ether oxygens (including phenoxy) is 1. The van der Waals surface area contributed by atoms with Gasteiger partial charge in [-0.2, -0.15) is 5.10 Å². The van der Waals surface area contributed by atoms with Crippen LogP contribution < -0.4 is 0 Å². The highest BCUT2D eigenvalue weighted by Gasteiger charge is 2.26. The Morgan fingerprint density at radius 2 is 2.07 bits per heavy atom. The normalized spacial score (nSPS) is 12.1. The van der Waals surface area contributed by atoms with Crippen LogP contribution in [0.2, 0.25) is 0 Å². The van der Waals surface area contributed by atoms with Gasteiger partial charge in [0.15, 0.2) is 5.69 Å². The van der Waals surface area contributed by atoms with Crippen LogP contribution in [0.3, 0.4) is 0 Å². The first-order chi connectivity index (χ1) is 13.7. The second-order valence-corrected chi connectivity index (χ2v) is 6.29. The Hall–Kier alpha value is -3.61. The van der Waals surface area contributed by atoms with Crippen LogP contribution >= 0.6 is 0 Å². The summed E-state index contributed by atoms with van der Waals surface area (Å²) in [6.07, 6.45) is 5.02. The number of hydrogen-bond acceptors (Lipinski definition) is 5. The van der Waals surface area contributed by atoms with Crippen LogP contribution in [0.25, 0.3) is 22.5 Å². The summed E-state index contributed by atoms with van der Waals surface area (Å²) in [6.45, 7) is 4.07. The monoisotopic (exact) mass is 376 g/mol. The van der Waals surface area contributed by atoms with Crippen molar-refractivity contribution in [1.82, 2.24) is 19.7 Å². The molecule has 0 aliphatic rings. The predicted molar refractivity (Wildman–Crippen MR) is 104 cm³/mol. The molecule has 0 amide bonds. The van der Waals surface area contributed by atoms with E-state index in [1.165, 1.54) is 0 Å². The first kappa shape index (κ1) is 17.8. The quantitative estimate of drug-likeness (QED) is 0.507. The number of furan rings is 1. The lowest BCUT2D eigenvalue weighted by Gasteiger charge is -2.15. The number of carbonyl (C=O) groups is 1. The summed E-state index contributed by atoms with van der Waals surface area (Å²) in [5.74, 6) is 0.340. The van der Waals surface area contributed by atoms with Gasteiger partial charge in [0.05, 0.1) is 48.4 Å². The zero-order valence-electron chi connectivity index (χ0n) is 15.6. The number of imidazole rings is 1. The lowest BCUT2D eigenvalue weighted by molar-refractivity contribution is 0.0520. The Balaban J connectivity index is 1.90. The van der Waals surface area contributed by atoms with Gasteiger partial charge in [-0.3, -0.25) is 5.10 Å². The molecular formula is C21H20N4O3. The maximum absolute atomic E-state index is 12.4. The van der Waals surface area contributed by atoms with E-state index in [0.29, 0.717) is 11.3 Å². The predicted octanol–water partition coefficient (Wildman–Crippen LogP) is 4.32. The first-order valence-corrected chi connectivity index (χ1v) is 9.07. The molecule has 1 atom stereocenters. The fourth-order valence-electron chi connectivity index (χ4n) is 3.22. The Bertz CT molecular complexity index is 1060. The van der Waals surface area contributed by atoms with Crippen molar-refractivity contribution in [3.8, 4) is 22.5 Å². The number of nitrogens with zero attached hydrogens (tertiary/aromatic N) is 3. The molecule has 3 heterocycles. The van der Waals surface area contributed by atoms with Crippen molar-refractivity contribution >= 4 is 5.97 Å². The Morgan fingerprint density at radius 1 is 1.25 bits per heavy atom. The van der Waals surface area contributed by atoms with Crippen molar-refractivity contribution in [2.75, 3.05) is 6.61 Å². The van der Waals surface area contributed by atoms with E-state index in [0.717, 1.165) is 22.7 Å². The third kappa shape index (κ3) is 3.11. The maximum Gasteiger partial charge on any atom is 0.357 e. The molecule has 4 rings (SSSR count). The number of aromatic amines is 1. The van der Waals surface area contributed by atoms with E-state index in [1.807, 2.05) is 54.0 Å². The first-order valence-electron chi connectivity index (χ1n) is 9.07. The van der Waals surface area contributed by atoms with Gasteiger partial charge >= 0.3 is 5.97 Å². The Morgan fingerprint density at radius 3 is 2.79 bits per heavy atom. The third-order valence-electron chi connectivity index (χ3n) is 4.59. The number of aromatic nitrogens is 4. The number of hydrogen-bond donors (Lipinski definition) is 1. The SMILES string of the molecule is CCOC(=O)c1[nH]ncc1-c1c(-c2ccccc2)ncn1[C@@H](C)c1ccco1.